The molecule has 6 aliphatic rings. The highest BCUT2D eigenvalue weighted by Crippen LogP contribution is 2.68. The fraction of sp³-hybridized carbons (Fsp3) is 0.542. The number of anilines is 1. The molecule has 1 aromatic heterocycles. The number of hydrogen-bond acceptors (Lipinski definition) is 13. The summed E-state index contributed by atoms with van der Waals surface area (Å²) in [5.41, 5.74) is -0.0122. The van der Waals surface area contributed by atoms with Crippen LogP contribution in [0, 0.1) is 11.3 Å². The van der Waals surface area contributed by atoms with Crippen molar-refractivity contribution in [2.45, 2.75) is 92.5 Å². The van der Waals surface area contributed by atoms with Gasteiger partial charge in [-0.05, 0) is 73.5 Å². The van der Waals surface area contributed by atoms with E-state index < -0.39 is 62.7 Å². The van der Waals surface area contributed by atoms with Crippen molar-refractivity contribution in [3.63, 3.8) is 0 Å². The van der Waals surface area contributed by atoms with Gasteiger partial charge in [-0.3, -0.25) is 19.4 Å². The number of ether oxygens (including phenoxy) is 5. The van der Waals surface area contributed by atoms with Gasteiger partial charge in [-0.1, -0.05) is 37.6 Å². The first kappa shape index (κ1) is 44.6. The Morgan fingerprint density at radius 2 is 1.77 bits per heavy atom. The van der Waals surface area contributed by atoms with Crippen LogP contribution in [0.3, 0.4) is 0 Å². The second-order valence-electron chi connectivity index (χ2n) is 18.4. The molecule has 1 aliphatic carbocycles. The van der Waals surface area contributed by atoms with Crippen LogP contribution in [0.15, 0.2) is 54.1 Å². The molecule has 3 aromatic rings. The molecule has 5 aliphatic heterocycles. The number of rotatable bonds is 10. The van der Waals surface area contributed by atoms with Gasteiger partial charge < -0.3 is 38.7 Å². The summed E-state index contributed by atoms with van der Waals surface area (Å²) in [6, 6.07) is 7.94. The Balaban J connectivity index is 1.34. The summed E-state index contributed by atoms with van der Waals surface area (Å²) in [5.74, 6) is -2.28. The van der Waals surface area contributed by atoms with Gasteiger partial charge in [0, 0.05) is 90.9 Å². The smallest absolute Gasteiger partial charge is 0.344 e. The first-order valence-electron chi connectivity index (χ1n) is 22.1. The molecular formula is C48H56Cl2N4O10. The molecule has 342 valence electrons. The highest BCUT2D eigenvalue weighted by Gasteiger charge is 2.80. The first-order valence-corrected chi connectivity index (χ1v) is 22.9. The predicted octanol–water partition coefficient (Wildman–Crippen LogP) is 5.71. The monoisotopic (exact) mass is 918 g/mol. The fourth-order valence-electron chi connectivity index (χ4n) is 13.2. The van der Waals surface area contributed by atoms with E-state index in [1.54, 1.807) is 19.2 Å². The van der Waals surface area contributed by atoms with E-state index in [4.69, 9.17) is 46.9 Å². The van der Waals surface area contributed by atoms with Crippen molar-refractivity contribution in [2.75, 3.05) is 66.1 Å². The SMILES string of the molecule is CCC1=C[C@H]2CN(C1)Cc1c([nH]c3ccc(C(=O)OCC(Cl)Cl)cc13)[C@@](C(=O)OC)(c1cc3c(cc1OC)N(C)[C@H]1[C@@](O)(C(=O)OC)[C@H](OC(C)=O)[C@]4(CC)C=CCN5CC[C@]31[C@@H]54)C2. The third-order valence-electron chi connectivity index (χ3n) is 15.4. The largest absolute Gasteiger partial charge is 0.496 e. The van der Waals surface area contributed by atoms with Gasteiger partial charge in [0.2, 0.25) is 5.60 Å². The van der Waals surface area contributed by atoms with Crippen LogP contribution >= 0.6 is 23.2 Å². The van der Waals surface area contributed by atoms with Gasteiger partial charge >= 0.3 is 23.9 Å². The van der Waals surface area contributed by atoms with Crippen LogP contribution in [-0.4, -0.2) is 134 Å². The van der Waals surface area contributed by atoms with Gasteiger partial charge in [0.1, 0.15) is 22.6 Å². The van der Waals surface area contributed by atoms with Crippen molar-refractivity contribution in [1.82, 2.24) is 14.8 Å². The third-order valence-corrected chi connectivity index (χ3v) is 15.7. The zero-order valence-corrected chi connectivity index (χ0v) is 38.8. The van der Waals surface area contributed by atoms with Gasteiger partial charge in [-0.15, -0.1) is 23.2 Å². The number of carbonyl (C=O) groups is 4. The van der Waals surface area contributed by atoms with E-state index in [-0.39, 0.29) is 18.6 Å². The molecule has 9 rings (SSSR count). The minimum absolute atomic E-state index is 0.0831. The second-order valence-corrected chi connectivity index (χ2v) is 19.7. The lowest BCUT2D eigenvalue weighted by atomic mass is 9.47. The number of aromatic amines is 1. The Kier molecular flexibility index (Phi) is 11.2. The quantitative estimate of drug-likeness (QED) is 0.110. The predicted molar refractivity (Wildman–Crippen MR) is 240 cm³/mol. The highest BCUT2D eigenvalue weighted by molar-refractivity contribution is 6.44. The summed E-state index contributed by atoms with van der Waals surface area (Å²) < 4.78 is 29.4. The molecule has 1 unspecified atom stereocenters. The normalized spacial score (nSPS) is 32.4. The molecule has 16 heteroatoms. The number of likely N-dealkylation sites (N-methyl/N-ethyl adjacent to an activating group) is 1. The minimum Gasteiger partial charge on any atom is -0.496 e. The molecule has 2 bridgehead atoms. The van der Waals surface area contributed by atoms with Crippen LogP contribution in [0.4, 0.5) is 5.69 Å². The standard InChI is InChI=1S/C48H56Cl2N4O10/c1-8-27-17-28-21-47(43(57)61-6,38-31(24-53(22-27)23-28)30-18-29(11-12-34(30)51-38)39(56)63-25-37(49)50)33-19-32-35(20-36(33)60-5)52(4)41-46(32)14-16-54-15-10-13-45(9-2,40(46)54)42(64-26(3)55)48(41,59)44(58)62-7/h10-13,17-20,28,37,40-42,51,59H,8-9,14-16,21-25H2,1-7H3/t28-,40+,41-,42-,45-,46-,47+,48+/m1/s1. The van der Waals surface area contributed by atoms with Crippen molar-refractivity contribution < 1.29 is 48.0 Å². The Labute approximate surface area is 382 Å². The lowest BCUT2D eigenvalue weighted by molar-refractivity contribution is -0.228. The van der Waals surface area contributed by atoms with Crippen LogP contribution in [0.5, 0.6) is 5.75 Å². The second kappa shape index (κ2) is 16.1. The molecule has 2 N–H and O–H groups in total. The number of nitrogens with zero attached hydrogens (tertiary/aromatic N) is 3. The van der Waals surface area contributed by atoms with Crippen molar-refractivity contribution in [1.29, 1.82) is 0 Å². The zero-order valence-electron chi connectivity index (χ0n) is 37.3. The van der Waals surface area contributed by atoms with Gasteiger partial charge in [-0.2, -0.15) is 0 Å². The van der Waals surface area contributed by atoms with Gasteiger partial charge in [0.05, 0.1) is 32.9 Å². The Morgan fingerprint density at radius 1 is 1.00 bits per heavy atom. The summed E-state index contributed by atoms with van der Waals surface area (Å²) in [6.45, 7) is 8.37. The molecule has 6 heterocycles. The number of methoxy groups -OCH3 is 3. The Morgan fingerprint density at radius 3 is 2.44 bits per heavy atom. The average molecular weight is 920 g/mol. The Hall–Kier alpha value is -4.60. The summed E-state index contributed by atoms with van der Waals surface area (Å²) in [6.07, 6.45) is 7.18. The van der Waals surface area contributed by atoms with E-state index in [9.17, 15) is 19.5 Å². The van der Waals surface area contributed by atoms with E-state index in [0.717, 1.165) is 29.5 Å². The summed E-state index contributed by atoms with van der Waals surface area (Å²) >= 11 is 11.8. The van der Waals surface area contributed by atoms with Crippen LogP contribution in [0.2, 0.25) is 0 Å². The van der Waals surface area contributed by atoms with E-state index in [0.29, 0.717) is 79.2 Å². The van der Waals surface area contributed by atoms with E-state index in [1.165, 1.54) is 26.7 Å². The van der Waals surface area contributed by atoms with Crippen LogP contribution in [0.1, 0.15) is 79.2 Å². The molecule has 64 heavy (non-hydrogen) atoms. The maximum Gasteiger partial charge on any atom is 0.344 e. The lowest BCUT2D eigenvalue weighted by Crippen LogP contribution is -2.81. The van der Waals surface area contributed by atoms with Crippen molar-refractivity contribution in [3.8, 4) is 5.75 Å². The number of aliphatic hydroxyl groups is 1. The molecule has 2 fully saturated rings. The summed E-state index contributed by atoms with van der Waals surface area (Å²) in [4.78, 5) is 65.7. The molecule has 2 aromatic carbocycles. The van der Waals surface area contributed by atoms with Crippen molar-refractivity contribution >= 4 is 63.7 Å². The number of alkyl halides is 2. The summed E-state index contributed by atoms with van der Waals surface area (Å²) in [7, 11) is 6.05. The highest BCUT2D eigenvalue weighted by atomic mass is 35.5. The zero-order chi connectivity index (χ0) is 45.7. The van der Waals surface area contributed by atoms with Crippen LogP contribution in [-0.2, 0) is 50.7 Å². The Bertz CT molecular complexity index is 2510. The molecule has 1 spiro atoms. The molecule has 0 amide bonds. The first-order chi connectivity index (χ1) is 30.6. The molecule has 0 radical (unpaired) electrons. The molecule has 14 nitrogen and oxygen atoms in total. The van der Waals surface area contributed by atoms with Crippen molar-refractivity contribution in [2.24, 2.45) is 11.3 Å². The maximum absolute atomic E-state index is 15.4. The van der Waals surface area contributed by atoms with Crippen molar-refractivity contribution in [3.05, 3.63) is 82.1 Å². The number of carbonyl (C=O) groups excluding carboxylic acids is 4. The number of benzene rings is 2. The van der Waals surface area contributed by atoms with Crippen LogP contribution < -0.4 is 9.64 Å². The topological polar surface area (TPSA) is 160 Å². The molecule has 1 saturated heterocycles. The fourth-order valence-corrected chi connectivity index (χ4v) is 13.4. The van der Waals surface area contributed by atoms with E-state index in [1.807, 2.05) is 43.2 Å². The molecule has 9 atom stereocenters. The minimum atomic E-state index is -2.34. The number of halogens is 2. The van der Waals surface area contributed by atoms with Gasteiger partial charge in [0.15, 0.2) is 6.10 Å². The number of esters is 4. The number of H-pyrrole nitrogens is 1. The van der Waals surface area contributed by atoms with E-state index in [2.05, 4.69) is 33.8 Å². The third kappa shape index (κ3) is 6.14. The molecule has 1 saturated carbocycles. The number of hydrogen-bond donors (Lipinski definition) is 2. The molecular weight excluding hydrogens is 863 g/mol. The number of nitrogens with one attached hydrogen (secondary N) is 1. The van der Waals surface area contributed by atoms with Gasteiger partial charge in [0.25, 0.3) is 0 Å². The maximum atomic E-state index is 15.4. The number of aromatic nitrogens is 1. The average Bonchev–Trinajstić information content (AvgIpc) is 3.93. The summed E-state index contributed by atoms with van der Waals surface area (Å²) in [5, 5.41) is 14.1. The van der Waals surface area contributed by atoms with Gasteiger partial charge in [-0.25, -0.2) is 9.59 Å². The lowest BCUT2D eigenvalue weighted by Gasteiger charge is -2.63. The van der Waals surface area contributed by atoms with Crippen LogP contribution in [0.25, 0.3) is 10.9 Å². The number of fused-ring (bicyclic) bond motifs is 6. The van der Waals surface area contributed by atoms with E-state index >= 15 is 4.79 Å².